The molecule has 2 rings (SSSR count). The van der Waals surface area contributed by atoms with Gasteiger partial charge in [-0.3, -0.25) is 4.79 Å². The van der Waals surface area contributed by atoms with Crippen LogP contribution in [0.1, 0.15) is 24.0 Å². The lowest BCUT2D eigenvalue weighted by Gasteiger charge is -2.34. The van der Waals surface area contributed by atoms with E-state index in [1.807, 2.05) is 19.1 Å². The smallest absolute Gasteiger partial charge is 0.227 e. The van der Waals surface area contributed by atoms with Crippen LogP contribution in [0.25, 0.3) is 0 Å². The Morgan fingerprint density at radius 1 is 1.30 bits per heavy atom. The van der Waals surface area contributed by atoms with Gasteiger partial charge in [-0.15, -0.1) is 12.4 Å². The van der Waals surface area contributed by atoms with Crippen molar-refractivity contribution in [3.8, 4) is 0 Å². The summed E-state index contributed by atoms with van der Waals surface area (Å²) in [6, 6.07) is 8.17. The highest BCUT2D eigenvalue weighted by molar-refractivity contribution is 5.85. The number of hydrogen-bond donors (Lipinski definition) is 2. The Balaban J connectivity index is 0.00000200. The minimum atomic E-state index is -0.442. The molecule has 5 heteroatoms. The van der Waals surface area contributed by atoms with Crippen molar-refractivity contribution in [1.82, 2.24) is 5.32 Å². The minimum absolute atomic E-state index is 0. The summed E-state index contributed by atoms with van der Waals surface area (Å²) in [7, 11) is 0. The summed E-state index contributed by atoms with van der Waals surface area (Å²) in [6.45, 7) is 4.23. The summed E-state index contributed by atoms with van der Waals surface area (Å²) in [5.74, 6) is 0.0545. The number of benzene rings is 1. The zero-order valence-electron chi connectivity index (χ0n) is 11.9. The number of nitrogens with one attached hydrogen (secondary N) is 1. The fourth-order valence-electron chi connectivity index (χ4n) is 2.36. The zero-order valence-corrected chi connectivity index (χ0v) is 12.7. The lowest BCUT2D eigenvalue weighted by atomic mass is 9.79. The van der Waals surface area contributed by atoms with Gasteiger partial charge in [0, 0.05) is 26.3 Å². The lowest BCUT2D eigenvalue weighted by Crippen LogP contribution is -2.48. The molecular formula is C15H23ClN2O2. The SMILES string of the molecule is Cc1ccc(CNC(=O)C2(CN)CCOCC2)cc1.Cl. The topological polar surface area (TPSA) is 64.4 Å². The summed E-state index contributed by atoms with van der Waals surface area (Å²) in [5.41, 5.74) is 7.70. The summed E-state index contributed by atoms with van der Waals surface area (Å²) in [6.07, 6.45) is 1.42. The van der Waals surface area contributed by atoms with E-state index in [9.17, 15) is 4.79 Å². The minimum Gasteiger partial charge on any atom is -0.381 e. The Hall–Kier alpha value is -1.10. The molecule has 0 unspecified atom stereocenters. The molecule has 0 radical (unpaired) electrons. The van der Waals surface area contributed by atoms with Gasteiger partial charge in [0.05, 0.1) is 5.41 Å². The molecule has 3 N–H and O–H groups in total. The van der Waals surface area contributed by atoms with Crippen molar-refractivity contribution in [2.45, 2.75) is 26.3 Å². The van der Waals surface area contributed by atoms with Crippen LogP contribution in [0.2, 0.25) is 0 Å². The second-order valence-electron chi connectivity index (χ2n) is 5.27. The summed E-state index contributed by atoms with van der Waals surface area (Å²) < 4.78 is 5.32. The summed E-state index contributed by atoms with van der Waals surface area (Å²) in [4.78, 5) is 12.3. The van der Waals surface area contributed by atoms with Gasteiger partial charge in [0.25, 0.3) is 0 Å². The van der Waals surface area contributed by atoms with Crippen molar-refractivity contribution >= 4 is 18.3 Å². The molecule has 1 fully saturated rings. The second kappa shape index (κ2) is 7.62. The average molecular weight is 299 g/mol. The second-order valence-corrected chi connectivity index (χ2v) is 5.27. The van der Waals surface area contributed by atoms with Crippen LogP contribution in [-0.4, -0.2) is 25.7 Å². The van der Waals surface area contributed by atoms with Crippen molar-refractivity contribution in [3.05, 3.63) is 35.4 Å². The molecule has 1 aromatic carbocycles. The monoisotopic (exact) mass is 298 g/mol. The van der Waals surface area contributed by atoms with Gasteiger partial charge < -0.3 is 15.8 Å². The van der Waals surface area contributed by atoms with Crippen molar-refractivity contribution in [2.75, 3.05) is 19.8 Å². The molecule has 1 aliphatic rings. The van der Waals surface area contributed by atoms with Crippen molar-refractivity contribution < 1.29 is 9.53 Å². The Kier molecular flexibility index (Phi) is 6.46. The van der Waals surface area contributed by atoms with Gasteiger partial charge in [-0.1, -0.05) is 29.8 Å². The number of nitrogens with two attached hydrogens (primary N) is 1. The van der Waals surface area contributed by atoms with Gasteiger partial charge >= 0.3 is 0 Å². The van der Waals surface area contributed by atoms with E-state index < -0.39 is 5.41 Å². The number of halogens is 1. The van der Waals surface area contributed by atoms with Crippen LogP contribution in [0.4, 0.5) is 0 Å². The first-order chi connectivity index (χ1) is 9.16. The number of amides is 1. The molecule has 1 saturated heterocycles. The molecule has 1 heterocycles. The van der Waals surface area contributed by atoms with Crippen LogP contribution in [0.5, 0.6) is 0 Å². The van der Waals surface area contributed by atoms with Gasteiger partial charge in [-0.05, 0) is 25.3 Å². The van der Waals surface area contributed by atoms with Crippen molar-refractivity contribution in [2.24, 2.45) is 11.1 Å². The molecule has 0 atom stereocenters. The van der Waals surface area contributed by atoms with E-state index in [-0.39, 0.29) is 18.3 Å². The normalized spacial score (nSPS) is 17.1. The maximum Gasteiger partial charge on any atom is 0.227 e. The van der Waals surface area contributed by atoms with E-state index in [2.05, 4.69) is 17.4 Å². The molecule has 4 nitrogen and oxygen atoms in total. The van der Waals surface area contributed by atoms with Crippen LogP contribution < -0.4 is 11.1 Å². The third-order valence-electron chi connectivity index (χ3n) is 3.90. The molecule has 0 bridgehead atoms. The summed E-state index contributed by atoms with van der Waals surface area (Å²) >= 11 is 0. The van der Waals surface area contributed by atoms with Gasteiger partial charge in [0.1, 0.15) is 0 Å². The van der Waals surface area contributed by atoms with E-state index in [4.69, 9.17) is 10.5 Å². The molecule has 0 aliphatic carbocycles. The Labute approximate surface area is 126 Å². The van der Waals surface area contributed by atoms with Crippen LogP contribution in [-0.2, 0) is 16.1 Å². The maximum atomic E-state index is 12.3. The van der Waals surface area contributed by atoms with E-state index >= 15 is 0 Å². The van der Waals surface area contributed by atoms with Gasteiger partial charge in [-0.2, -0.15) is 0 Å². The number of ether oxygens (including phenoxy) is 1. The number of carbonyl (C=O) groups excluding carboxylic acids is 1. The molecule has 0 aromatic heterocycles. The third kappa shape index (κ3) is 3.95. The Morgan fingerprint density at radius 3 is 2.45 bits per heavy atom. The largest absolute Gasteiger partial charge is 0.381 e. The average Bonchev–Trinajstić information content (AvgIpc) is 2.47. The fraction of sp³-hybridized carbons (Fsp3) is 0.533. The van der Waals surface area contributed by atoms with E-state index in [0.29, 0.717) is 39.1 Å². The fourth-order valence-corrected chi connectivity index (χ4v) is 2.36. The van der Waals surface area contributed by atoms with Crippen LogP contribution in [0, 0.1) is 12.3 Å². The Morgan fingerprint density at radius 2 is 1.90 bits per heavy atom. The molecule has 112 valence electrons. The van der Waals surface area contributed by atoms with Gasteiger partial charge in [-0.25, -0.2) is 0 Å². The maximum absolute atomic E-state index is 12.3. The first kappa shape index (κ1) is 17.0. The highest BCUT2D eigenvalue weighted by Crippen LogP contribution is 2.29. The number of rotatable bonds is 4. The van der Waals surface area contributed by atoms with Crippen molar-refractivity contribution in [3.63, 3.8) is 0 Å². The standard InChI is InChI=1S/C15H22N2O2.ClH/c1-12-2-4-13(5-3-12)10-17-14(18)15(11-16)6-8-19-9-7-15;/h2-5H,6-11,16H2,1H3,(H,17,18);1H. The number of carbonyl (C=O) groups is 1. The lowest BCUT2D eigenvalue weighted by molar-refractivity contribution is -0.136. The molecule has 0 saturated carbocycles. The summed E-state index contributed by atoms with van der Waals surface area (Å²) in [5, 5.41) is 3.01. The highest BCUT2D eigenvalue weighted by atomic mass is 35.5. The number of hydrogen-bond acceptors (Lipinski definition) is 3. The Bertz CT molecular complexity index is 428. The predicted molar refractivity (Wildman–Crippen MR) is 81.8 cm³/mol. The molecular weight excluding hydrogens is 276 g/mol. The van der Waals surface area contributed by atoms with E-state index in [1.165, 1.54) is 5.56 Å². The highest BCUT2D eigenvalue weighted by Gasteiger charge is 2.38. The third-order valence-corrected chi connectivity index (χ3v) is 3.90. The predicted octanol–water partition coefficient (Wildman–Crippen LogP) is 1.79. The first-order valence-electron chi connectivity index (χ1n) is 6.78. The van der Waals surface area contributed by atoms with E-state index in [1.54, 1.807) is 0 Å². The van der Waals surface area contributed by atoms with Crippen LogP contribution in [0.15, 0.2) is 24.3 Å². The van der Waals surface area contributed by atoms with Crippen molar-refractivity contribution in [1.29, 1.82) is 0 Å². The molecule has 1 amide bonds. The van der Waals surface area contributed by atoms with Crippen LogP contribution in [0.3, 0.4) is 0 Å². The molecule has 0 spiro atoms. The van der Waals surface area contributed by atoms with E-state index in [0.717, 1.165) is 5.56 Å². The molecule has 20 heavy (non-hydrogen) atoms. The number of aryl methyl sites for hydroxylation is 1. The van der Waals surface area contributed by atoms with Gasteiger partial charge in [0.2, 0.25) is 5.91 Å². The zero-order chi connectivity index (χ0) is 13.7. The van der Waals surface area contributed by atoms with Gasteiger partial charge in [0.15, 0.2) is 0 Å². The molecule has 1 aromatic rings. The van der Waals surface area contributed by atoms with Crippen LogP contribution >= 0.6 is 12.4 Å². The molecule has 1 aliphatic heterocycles. The first-order valence-corrected chi connectivity index (χ1v) is 6.78. The quantitative estimate of drug-likeness (QED) is 0.891.